The number of aromatic nitrogens is 4. The van der Waals surface area contributed by atoms with Gasteiger partial charge < -0.3 is 9.40 Å². The second kappa shape index (κ2) is 6.96. The zero-order valence-electron chi connectivity index (χ0n) is 15.0. The van der Waals surface area contributed by atoms with Gasteiger partial charge in [0, 0.05) is 37.0 Å². The highest BCUT2D eigenvalue weighted by molar-refractivity contribution is 5.74. The molecule has 1 N–H and O–H groups in total. The number of piperidine rings is 1. The number of nitrogens with zero attached hydrogens (tertiary/aromatic N) is 4. The van der Waals surface area contributed by atoms with Crippen LogP contribution in [-0.2, 0) is 6.54 Å². The highest BCUT2D eigenvalue weighted by Gasteiger charge is 2.24. The number of benzene rings is 1. The molecule has 0 radical (unpaired) electrons. The third-order valence-electron chi connectivity index (χ3n) is 5.15. The Morgan fingerprint density at radius 1 is 1.11 bits per heavy atom. The fourth-order valence-electron chi connectivity index (χ4n) is 3.82. The molecule has 0 amide bonds. The van der Waals surface area contributed by atoms with Gasteiger partial charge >= 0.3 is 0 Å². The van der Waals surface area contributed by atoms with E-state index < -0.39 is 0 Å². The van der Waals surface area contributed by atoms with Crippen molar-refractivity contribution in [1.82, 2.24) is 24.8 Å². The Hall–Kier alpha value is -2.99. The summed E-state index contributed by atoms with van der Waals surface area (Å²) < 4.78 is 5.35. The number of nitrogens with one attached hydrogen (secondary N) is 1. The number of imidazole rings is 1. The van der Waals surface area contributed by atoms with E-state index in [-0.39, 0.29) is 0 Å². The Morgan fingerprint density at radius 3 is 2.81 bits per heavy atom. The van der Waals surface area contributed by atoms with E-state index >= 15 is 0 Å². The quantitative estimate of drug-likeness (QED) is 0.596. The van der Waals surface area contributed by atoms with Crippen molar-refractivity contribution in [3.05, 3.63) is 66.4 Å². The summed E-state index contributed by atoms with van der Waals surface area (Å²) in [5, 5.41) is 0. The molecule has 0 saturated carbocycles. The molecule has 1 aliphatic heterocycles. The van der Waals surface area contributed by atoms with Gasteiger partial charge in [-0.25, -0.2) is 15.0 Å². The van der Waals surface area contributed by atoms with E-state index in [2.05, 4.69) is 32.0 Å². The van der Waals surface area contributed by atoms with Gasteiger partial charge in [0.25, 0.3) is 0 Å². The highest BCUT2D eigenvalue weighted by Crippen LogP contribution is 2.27. The monoisotopic (exact) mass is 359 g/mol. The summed E-state index contributed by atoms with van der Waals surface area (Å²) in [6.07, 6.45) is 7.78. The molecule has 5 rings (SSSR count). The molecule has 4 heterocycles. The number of likely N-dealkylation sites (tertiary alicyclic amines) is 1. The molecule has 1 unspecified atom stereocenters. The molecule has 27 heavy (non-hydrogen) atoms. The van der Waals surface area contributed by atoms with Crippen molar-refractivity contribution in [2.45, 2.75) is 25.3 Å². The molecule has 1 aliphatic rings. The van der Waals surface area contributed by atoms with E-state index in [1.165, 1.54) is 12.8 Å². The lowest BCUT2D eigenvalue weighted by Crippen LogP contribution is -2.34. The van der Waals surface area contributed by atoms with Crippen molar-refractivity contribution in [3.8, 4) is 11.6 Å². The zero-order chi connectivity index (χ0) is 18.1. The molecule has 1 fully saturated rings. The fraction of sp³-hybridized carbons (Fsp3) is 0.286. The molecule has 1 atom stereocenters. The smallest absolute Gasteiger partial charge is 0.195 e. The molecule has 3 aromatic heterocycles. The fourth-order valence-corrected chi connectivity index (χ4v) is 3.82. The van der Waals surface area contributed by atoms with Gasteiger partial charge in [0.05, 0.1) is 17.3 Å². The van der Waals surface area contributed by atoms with Crippen LogP contribution in [0.25, 0.3) is 22.6 Å². The van der Waals surface area contributed by atoms with E-state index in [9.17, 15) is 0 Å². The van der Waals surface area contributed by atoms with Crippen LogP contribution in [0.2, 0.25) is 0 Å². The van der Waals surface area contributed by atoms with E-state index in [4.69, 9.17) is 9.40 Å². The van der Waals surface area contributed by atoms with Crippen molar-refractivity contribution >= 4 is 11.0 Å². The van der Waals surface area contributed by atoms with E-state index in [1.54, 1.807) is 6.26 Å². The first kappa shape index (κ1) is 16.2. The van der Waals surface area contributed by atoms with E-state index in [1.807, 2.05) is 36.7 Å². The summed E-state index contributed by atoms with van der Waals surface area (Å²) in [6, 6.07) is 11.9. The van der Waals surface area contributed by atoms with Crippen molar-refractivity contribution < 1.29 is 4.42 Å². The third kappa shape index (κ3) is 3.36. The maximum absolute atomic E-state index is 5.35. The van der Waals surface area contributed by atoms with Gasteiger partial charge in [-0.1, -0.05) is 12.1 Å². The molecule has 0 spiro atoms. The topological polar surface area (TPSA) is 70.8 Å². The third-order valence-corrected chi connectivity index (χ3v) is 5.15. The van der Waals surface area contributed by atoms with Crippen molar-refractivity contribution in [3.63, 3.8) is 0 Å². The summed E-state index contributed by atoms with van der Waals surface area (Å²) in [5.74, 6) is 2.87. The Labute approximate surface area is 157 Å². The summed E-state index contributed by atoms with van der Waals surface area (Å²) in [5.41, 5.74) is 3.29. The second-order valence-corrected chi connectivity index (χ2v) is 7.11. The first-order valence-electron chi connectivity index (χ1n) is 9.37. The average molecular weight is 359 g/mol. The number of H-pyrrole nitrogens is 1. The largest absolute Gasteiger partial charge is 0.461 e. The predicted octanol–water partition coefficient (Wildman–Crippen LogP) is 3.99. The van der Waals surface area contributed by atoms with Crippen LogP contribution in [0.4, 0.5) is 0 Å². The molecule has 0 bridgehead atoms. The van der Waals surface area contributed by atoms with Crippen LogP contribution in [0.5, 0.6) is 0 Å². The lowest BCUT2D eigenvalue weighted by Gasteiger charge is -2.31. The lowest BCUT2D eigenvalue weighted by atomic mass is 9.97. The molecule has 4 aromatic rings. The lowest BCUT2D eigenvalue weighted by molar-refractivity contribution is 0.197. The van der Waals surface area contributed by atoms with Crippen molar-refractivity contribution in [2.75, 3.05) is 13.1 Å². The van der Waals surface area contributed by atoms with E-state index in [0.717, 1.165) is 42.1 Å². The average Bonchev–Trinajstić information content (AvgIpc) is 3.39. The molecule has 1 saturated heterocycles. The predicted molar refractivity (Wildman–Crippen MR) is 103 cm³/mol. The molecular weight excluding hydrogens is 338 g/mol. The minimum absolute atomic E-state index is 0.439. The summed E-state index contributed by atoms with van der Waals surface area (Å²) in [4.78, 5) is 19.7. The number of hydrogen-bond donors (Lipinski definition) is 1. The molecule has 1 aromatic carbocycles. The Morgan fingerprint density at radius 2 is 2.00 bits per heavy atom. The maximum Gasteiger partial charge on any atom is 0.195 e. The van der Waals surface area contributed by atoms with Crippen LogP contribution in [0.1, 0.15) is 30.1 Å². The Kier molecular flexibility index (Phi) is 4.18. The summed E-state index contributed by atoms with van der Waals surface area (Å²) >= 11 is 0. The van der Waals surface area contributed by atoms with E-state index in [0.29, 0.717) is 17.5 Å². The molecule has 6 nitrogen and oxygen atoms in total. The van der Waals surface area contributed by atoms with Crippen LogP contribution in [0, 0.1) is 0 Å². The Balaban J connectivity index is 1.28. The molecule has 136 valence electrons. The second-order valence-electron chi connectivity index (χ2n) is 7.11. The van der Waals surface area contributed by atoms with Gasteiger partial charge in [-0.05, 0) is 43.7 Å². The molecule has 0 aliphatic carbocycles. The zero-order valence-corrected chi connectivity index (χ0v) is 15.0. The standard InChI is InChI=1S/C21H21N5O/c1-2-7-18-17(6-1)24-20(25-18)16-5-3-9-26(14-16)13-15-11-22-21(23-12-15)19-8-4-10-27-19/h1-2,4,6-8,10-12,16H,3,5,9,13-14H2,(H,24,25). The van der Waals surface area contributed by atoms with Crippen LogP contribution in [-0.4, -0.2) is 37.9 Å². The van der Waals surface area contributed by atoms with Gasteiger partial charge in [0.2, 0.25) is 0 Å². The minimum Gasteiger partial charge on any atom is -0.461 e. The summed E-state index contributed by atoms with van der Waals surface area (Å²) in [6.45, 7) is 2.95. The SMILES string of the molecule is c1coc(-c2ncc(CN3CCCC(c4nc5ccccc5[nH]4)C3)cn2)c1. The van der Waals surface area contributed by atoms with Gasteiger partial charge in [0.15, 0.2) is 11.6 Å². The van der Waals surface area contributed by atoms with Gasteiger partial charge in [-0.2, -0.15) is 0 Å². The number of furan rings is 1. The van der Waals surface area contributed by atoms with Crippen LogP contribution in [0.3, 0.4) is 0 Å². The number of para-hydroxylation sites is 2. The van der Waals surface area contributed by atoms with Crippen LogP contribution >= 0.6 is 0 Å². The number of aromatic amines is 1. The summed E-state index contributed by atoms with van der Waals surface area (Å²) in [7, 11) is 0. The molecule has 6 heteroatoms. The highest BCUT2D eigenvalue weighted by atomic mass is 16.3. The number of fused-ring (bicyclic) bond motifs is 1. The first-order chi connectivity index (χ1) is 13.3. The van der Waals surface area contributed by atoms with Gasteiger partial charge in [0.1, 0.15) is 5.82 Å². The van der Waals surface area contributed by atoms with Gasteiger partial charge in [-0.3, -0.25) is 4.90 Å². The van der Waals surface area contributed by atoms with Crippen molar-refractivity contribution in [2.24, 2.45) is 0 Å². The normalized spacial score (nSPS) is 18.1. The number of hydrogen-bond acceptors (Lipinski definition) is 5. The van der Waals surface area contributed by atoms with Gasteiger partial charge in [-0.15, -0.1) is 0 Å². The molecular formula is C21H21N5O. The van der Waals surface area contributed by atoms with Crippen molar-refractivity contribution in [1.29, 1.82) is 0 Å². The van der Waals surface area contributed by atoms with Crippen LogP contribution < -0.4 is 0 Å². The first-order valence-corrected chi connectivity index (χ1v) is 9.37. The minimum atomic E-state index is 0.439. The maximum atomic E-state index is 5.35. The van der Waals surface area contributed by atoms with Crippen LogP contribution in [0.15, 0.2) is 59.5 Å². The Bertz CT molecular complexity index is 989. The number of rotatable bonds is 4.